The summed E-state index contributed by atoms with van der Waals surface area (Å²) < 4.78 is 5.13. The van der Waals surface area contributed by atoms with Gasteiger partial charge in [0.15, 0.2) is 0 Å². The van der Waals surface area contributed by atoms with E-state index in [2.05, 4.69) is 5.32 Å². The summed E-state index contributed by atoms with van der Waals surface area (Å²) in [5.41, 5.74) is 7.75. The lowest BCUT2D eigenvalue weighted by Gasteiger charge is -2.22. The number of nitrogens with two attached hydrogens (primary N) is 1. The Morgan fingerprint density at radius 3 is 2.42 bits per heavy atom. The first kappa shape index (κ1) is 19.5. The highest BCUT2D eigenvalue weighted by Gasteiger charge is 2.20. The number of hydrogen-bond donors (Lipinski definition) is 2. The van der Waals surface area contributed by atoms with Crippen molar-refractivity contribution in [1.82, 2.24) is 5.32 Å². The molecule has 0 aliphatic carbocycles. The normalized spacial score (nSPS) is 11.5. The van der Waals surface area contributed by atoms with Crippen molar-refractivity contribution in [3.8, 4) is 5.75 Å². The van der Waals surface area contributed by atoms with Crippen molar-refractivity contribution in [3.63, 3.8) is 0 Å². The van der Waals surface area contributed by atoms with Crippen LogP contribution in [0.1, 0.15) is 22.8 Å². The molecule has 2 rings (SSSR count). The maximum absolute atomic E-state index is 12.6. The largest absolute Gasteiger partial charge is 0.497 e. The first-order chi connectivity index (χ1) is 12.4. The number of anilines is 1. The fourth-order valence-electron chi connectivity index (χ4n) is 2.59. The van der Waals surface area contributed by atoms with Gasteiger partial charge < -0.3 is 20.7 Å². The van der Waals surface area contributed by atoms with Crippen LogP contribution < -0.4 is 20.7 Å². The zero-order valence-electron chi connectivity index (χ0n) is 15.4. The summed E-state index contributed by atoms with van der Waals surface area (Å²) in [6.07, 6.45) is 0.701. The minimum atomic E-state index is -0.633. The number of rotatable bonds is 7. The third kappa shape index (κ3) is 4.83. The van der Waals surface area contributed by atoms with Gasteiger partial charge in [-0.05, 0) is 43.2 Å². The number of methoxy groups -OCH3 is 1. The lowest BCUT2D eigenvalue weighted by atomic mass is 10.1. The second-order valence-electron chi connectivity index (χ2n) is 6.06. The van der Waals surface area contributed by atoms with Crippen molar-refractivity contribution in [2.75, 3.05) is 25.6 Å². The quantitative estimate of drug-likeness (QED) is 0.795. The molecule has 6 heteroatoms. The molecule has 0 bridgehead atoms. The molecule has 1 atom stereocenters. The fraction of sp³-hybridized carbons (Fsp3) is 0.300. The zero-order chi connectivity index (χ0) is 19.1. The fourth-order valence-corrected chi connectivity index (χ4v) is 2.59. The predicted molar refractivity (Wildman–Crippen MR) is 103 cm³/mol. The minimum absolute atomic E-state index is 0.224. The molecule has 0 fully saturated rings. The van der Waals surface area contributed by atoms with Crippen LogP contribution in [-0.4, -0.2) is 38.6 Å². The Kier molecular flexibility index (Phi) is 6.74. The smallest absolute Gasteiger partial charge is 0.253 e. The third-order valence-corrected chi connectivity index (χ3v) is 4.09. The highest BCUT2D eigenvalue weighted by Crippen LogP contribution is 2.20. The van der Waals surface area contributed by atoms with Gasteiger partial charge in [-0.2, -0.15) is 0 Å². The molecule has 0 aromatic heterocycles. The average molecular weight is 355 g/mol. The summed E-state index contributed by atoms with van der Waals surface area (Å²) in [5.74, 6) is 0.329. The van der Waals surface area contributed by atoms with Gasteiger partial charge in [-0.3, -0.25) is 9.59 Å². The van der Waals surface area contributed by atoms with Gasteiger partial charge >= 0.3 is 0 Å². The van der Waals surface area contributed by atoms with E-state index in [1.54, 1.807) is 45.3 Å². The predicted octanol–water partition coefficient (Wildman–Crippen LogP) is 1.98. The van der Waals surface area contributed by atoms with E-state index in [9.17, 15) is 9.59 Å². The molecule has 138 valence electrons. The molecule has 0 saturated heterocycles. The Balaban J connectivity index is 2.02. The van der Waals surface area contributed by atoms with E-state index in [1.165, 1.54) is 4.90 Å². The number of nitrogens with one attached hydrogen (secondary N) is 1. The summed E-state index contributed by atoms with van der Waals surface area (Å²) in [5, 5.41) is 2.90. The maximum Gasteiger partial charge on any atom is 0.253 e. The first-order valence-corrected chi connectivity index (χ1v) is 8.47. The van der Waals surface area contributed by atoms with Crippen LogP contribution >= 0.6 is 0 Å². The SMILES string of the molecule is COc1ccc(CCNC(=O)c2ccccc2N(C)C(=O)[C@H](C)N)cc1. The Labute approximate surface area is 153 Å². The summed E-state index contributed by atoms with van der Waals surface area (Å²) >= 11 is 0. The lowest BCUT2D eigenvalue weighted by Crippen LogP contribution is -2.40. The highest BCUT2D eigenvalue weighted by atomic mass is 16.5. The first-order valence-electron chi connectivity index (χ1n) is 8.47. The van der Waals surface area contributed by atoms with Crippen molar-refractivity contribution < 1.29 is 14.3 Å². The summed E-state index contributed by atoms with van der Waals surface area (Å²) in [6, 6.07) is 14.1. The third-order valence-electron chi connectivity index (χ3n) is 4.09. The Morgan fingerprint density at radius 1 is 1.15 bits per heavy atom. The number of nitrogens with zero attached hydrogens (tertiary/aromatic N) is 1. The number of likely N-dealkylation sites (N-methyl/N-ethyl adjacent to an activating group) is 1. The van der Waals surface area contributed by atoms with Gasteiger partial charge in [0.25, 0.3) is 5.91 Å². The molecular weight excluding hydrogens is 330 g/mol. The van der Waals surface area contributed by atoms with Crippen LogP contribution in [0.3, 0.4) is 0 Å². The number of carbonyl (C=O) groups is 2. The second kappa shape index (κ2) is 9.01. The molecule has 6 nitrogen and oxygen atoms in total. The van der Waals surface area contributed by atoms with Gasteiger partial charge in [0.2, 0.25) is 5.91 Å². The molecule has 0 aliphatic rings. The average Bonchev–Trinajstić information content (AvgIpc) is 2.67. The Hall–Kier alpha value is -2.86. The highest BCUT2D eigenvalue weighted by molar-refractivity contribution is 6.05. The molecular formula is C20H25N3O3. The monoisotopic (exact) mass is 355 g/mol. The van der Waals surface area contributed by atoms with Crippen molar-refractivity contribution in [2.45, 2.75) is 19.4 Å². The van der Waals surface area contributed by atoms with Gasteiger partial charge in [-0.15, -0.1) is 0 Å². The summed E-state index contributed by atoms with van der Waals surface area (Å²) in [7, 11) is 3.25. The molecule has 0 unspecified atom stereocenters. The number of hydrogen-bond acceptors (Lipinski definition) is 4. The lowest BCUT2D eigenvalue weighted by molar-refractivity contribution is -0.119. The molecule has 26 heavy (non-hydrogen) atoms. The van der Waals surface area contributed by atoms with Crippen molar-refractivity contribution in [1.29, 1.82) is 0 Å². The number of ether oxygens (including phenoxy) is 1. The van der Waals surface area contributed by atoms with Crippen LogP contribution in [0.4, 0.5) is 5.69 Å². The van der Waals surface area contributed by atoms with Crippen LogP contribution in [0.2, 0.25) is 0 Å². The number of carbonyl (C=O) groups excluding carboxylic acids is 2. The van der Waals surface area contributed by atoms with Gasteiger partial charge in [0.1, 0.15) is 5.75 Å². The van der Waals surface area contributed by atoms with Crippen molar-refractivity contribution in [3.05, 3.63) is 59.7 Å². The van der Waals surface area contributed by atoms with Crippen LogP contribution in [0.5, 0.6) is 5.75 Å². The number of benzene rings is 2. The van der Waals surface area contributed by atoms with E-state index in [0.717, 1.165) is 11.3 Å². The molecule has 0 saturated carbocycles. The van der Waals surface area contributed by atoms with Crippen molar-refractivity contribution >= 4 is 17.5 Å². The molecule has 2 amide bonds. The molecule has 0 aliphatic heterocycles. The topological polar surface area (TPSA) is 84.7 Å². The van der Waals surface area contributed by atoms with Crippen LogP contribution in [0.15, 0.2) is 48.5 Å². The van der Waals surface area contributed by atoms with E-state index in [-0.39, 0.29) is 11.8 Å². The van der Waals surface area contributed by atoms with Gasteiger partial charge in [0, 0.05) is 13.6 Å². The Morgan fingerprint density at radius 2 is 1.81 bits per heavy atom. The van der Waals surface area contributed by atoms with E-state index < -0.39 is 6.04 Å². The van der Waals surface area contributed by atoms with Crippen LogP contribution in [0, 0.1) is 0 Å². The summed E-state index contributed by atoms with van der Waals surface area (Å²) in [4.78, 5) is 26.1. The molecule has 0 radical (unpaired) electrons. The molecule has 0 heterocycles. The number of amides is 2. The zero-order valence-corrected chi connectivity index (χ0v) is 15.4. The van der Waals surface area contributed by atoms with Crippen LogP contribution in [0.25, 0.3) is 0 Å². The molecule has 0 spiro atoms. The minimum Gasteiger partial charge on any atom is -0.497 e. The van der Waals surface area contributed by atoms with Crippen LogP contribution in [-0.2, 0) is 11.2 Å². The maximum atomic E-state index is 12.6. The summed E-state index contributed by atoms with van der Waals surface area (Å²) in [6.45, 7) is 2.11. The van der Waals surface area contributed by atoms with E-state index in [4.69, 9.17) is 10.5 Å². The second-order valence-corrected chi connectivity index (χ2v) is 6.06. The standard InChI is InChI=1S/C20H25N3O3/c1-14(21)20(25)23(2)18-7-5-4-6-17(18)19(24)22-13-12-15-8-10-16(26-3)11-9-15/h4-11,14H,12-13,21H2,1-3H3,(H,22,24)/t14-/m0/s1. The molecule has 2 aromatic rings. The number of para-hydroxylation sites is 1. The van der Waals surface area contributed by atoms with Gasteiger partial charge in [-0.1, -0.05) is 24.3 Å². The van der Waals surface area contributed by atoms with E-state index in [1.807, 2.05) is 24.3 Å². The Bertz CT molecular complexity index is 757. The van der Waals surface area contributed by atoms with Crippen molar-refractivity contribution in [2.24, 2.45) is 5.73 Å². The van der Waals surface area contributed by atoms with E-state index >= 15 is 0 Å². The van der Waals surface area contributed by atoms with E-state index in [0.29, 0.717) is 24.2 Å². The van der Waals surface area contributed by atoms with Gasteiger partial charge in [-0.25, -0.2) is 0 Å². The van der Waals surface area contributed by atoms with Gasteiger partial charge in [0.05, 0.1) is 24.4 Å². The molecule has 3 N–H and O–H groups in total. The molecule has 2 aromatic carbocycles.